The lowest BCUT2D eigenvalue weighted by atomic mass is 9.70. The Kier molecular flexibility index (Phi) is 3.40. The number of fused-ring (bicyclic) bond motifs is 1. The van der Waals surface area contributed by atoms with Crippen LogP contribution in [-0.4, -0.2) is 18.8 Å². The predicted molar refractivity (Wildman–Crippen MR) is 78.2 cm³/mol. The molecule has 3 atom stereocenters. The Bertz CT molecular complexity index is 454. The zero-order valence-electron chi connectivity index (χ0n) is 12.3. The van der Waals surface area contributed by atoms with Crippen LogP contribution in [0, 0.1) is 5.41 Å². The van der Waals surface area contributed by atoms with Crippen LogP contribution >= 0.6 is 0 Å². The van der Waals surface area contributed by atoms with Gasteiger partial charge in [0.2, 0.25) is 0 Å². The number of hydrogen-bond donors (Lipinski definition) is 1. The van der Waals surface area contributed by atoms with Crippen LogP contribution in [0.25, 0.3) is 0 Å². The average Bonchev–Trinajstić information content (AvgIpc) is 2.79. The third-order valence-corrected chi connectivity index (χ3v) is 4.94. The minimum Gasteiger partial charge on any atom is -0.377 e. The monoisotopic (exact) mass is 259 g/mol. The van der Waals surface area contributed by atoms with Crippen LogP contribution in [0.3, 0.4) is 0 Å². The van der Waals surface area contributed by atoms with Crippen molar-refractivity contribution in [2.45, 2.75) is 58.2 Å². The summed E-state index contributed by atoms with van der Waals surface area (Å²) in [7, 11) is 0. The molecule has 2 aliphatic rings. The van der Waals surface area contributed by atoms with Gasteiger partial charge in [0.15, 0.2) is 0 Å². The maximum atomic E-state index is 5.70. The van der Waals surface area contributed by atoms with Gasteiger partial charge in [0, 0.05) is 18.7 Å². The number of rotatable bonds is 2. The smallest absolute Gasteiger partial charge is 0.0700 e. The van der Waals surface area contributed by atoms with Gasteiger partial charge in [-0.1, -0.05) is 38.1 Å². The molecule has 1 N–H and O–H groups in total. The number of benzene rings is 1. The molecule has 104 valence electrons. The molecule has 1 heterocycles. The fourth-order valence-corrected chi connectivity index (χ4v) is 3.55. The fourth-order valence-electron chi connectivity index (χ4n) is 3.55. The number of hydrogen-bond acceptors (Lipinski definition) is 2. The second-order valence-corrected chi connectivity index (χ2v) is 6.76. The van der Waals surface area contributed by atoms with Gasteiger partial charge in [-0.15, -0.1) is 0 Å². The number of ether oxygens (including phenoxy) is 1. The molecule has 0 radical (unpaired) electrons. The summed E-state index contributed by atoms with van der Waals surface area (Å²) in [4.78, 5) is 0. The Morgan fingerprint density at radius 3 is 2.79 bits per heavy atom. The molecule has 1 aliphatic carbocycles. The summed E-state index contributed by atoms with van der Waals surface area (Å²) in [5.74, 6) is 0. The predicted octanol–water partition coefficient (Wildman–Crippen LogP) is 3.47. The maximum absolute atomic E-state index is 5.70. The van der Waals surface area contributed by atoms with Crippen molar-refractivity contribution < 1.29 is 4.74 Å². The zero-order chi connectivity index (χ0) is 13.5. The van der Waals surface area contributed by atoms with Crippen molar-refractivity contribution in [3.05, 3.63) is 35.4 Å². The molecule has 3 unspecified atom stereocenters. The van der Waals surface area contributed by atoms with Crippen molar-refractivity contribution >= 4 is 0 Å². The summed E-state index contributed by atoms with van der Waals surface area (Å²) >= 11 is 0. The van der Waals surface area contributed by atoms with Gasteiger partial charge >= 0.3 is 0 Å². The molecule has 0 spiro atoms. The first-order chi connectivity index (χ1) is 9.08. The second-order valence-electron chi connectivity index (χ2n) is 6.76. The van der Waals surface area contributed by atoms with Crippen LogP contribution in [0.2, 0.25) is 0 Å². The molecule has 2 heteroatoms. The molecule has 0 amide bonds. The van der Waals surface area contributed by atoms with Crippen molar-refractivity contribution in [3.63, 3.8) is 0 Å². The van der Waals surface area contributed by atoms with Crippen LogP contribution in [0.4, 0.5) is 0 Å². The first kappa shape index (κ1) is 13.1. The van der Waals surface area contributed by atoms with Gasteiger partial charge in [-0.25, -0.2) is 0 Å². The van der Waals surface area contributed by atoms with E-state index in [1.165, 1.54) is 24.0 Å². The molecule has 19 heavy (non-hydrogen) atoms. The number of aryl methyl sites for hydroxylation is 1. The molecule has 1 aromatic rings. The van der Waals surface area contributed by atoms with Crippen molar-refractivity contribution in [1.29, 1.82) is 0 Å². The quantitative estimate of drug-likeness (QED) is 0.878. The van der Waals surface area contributed by atoms with E-state index >= 15 is 0 Å². The van der Waals surface area contributed by atoms with E-state index in [0.29, 0.717) is 23.6 Å². The molecule has 0 bridgehead atoms. The van der Waals surface area contributed by atoms with E-state index in [-0.39, 0.29) is 0 Å². The maximum Gasteiger partial charge on any atom is 0.0700 e. The average molecular weight is 259 g/mol. The third kappa shape index (κ3) is 2.44. The minimum atomic E-state index is 0.316. The molecular weight excluding hydrogens is 234 g/mol. The van der Waals surface area contributed by atoms with Crippen LogP contribution in [0.5, 0.6) is 0 Å². The summed E-state index contributed by atoms with van der Waals surface area (Å²) in [6.45, 7) is 7.86. The fraction of sp³-hybridized carbons (Fsp3) is 0.647. The molecule has 0 saturated carbocycles. The summed E-state index contributed by atoms with van der Waals surface area (Å²) in [5, 5.41) is 3.89. The molecule has 1 aliphatic heterocycles. The van der Waals surface area contributed by atoms with Crippen LogP contribution in [0.1, 0.15) is 50.8 Å². The van der Waals surface area contributed by atoms with E-state index in [4.69, 9.17) is 4.74 Å². The summed E-state index contributed by atoms with van der Waals surface area (Å²) in [5.41, 5.74) is 3.33. The van der Waals surface area contributed by atoms with Crippen LogP contribution in [-0.2, 0) is 11.2 Å². The van der Waals surface area contributed by atoms with Crippen molar-refractivity contribution in [2.24, 2.45) is 5.41 Å². The first-order valence-electron chi connectivity index (χ1n) is 7.53. The molecular formula is C17H25NO. The standard InChI is InChI=1S/C17H25NO/c1-12-15(9-11-19-12)18-16-14-7-5-4-6-13(14)8-10-17(16,2)3/h4-7,12,15-16,18H,8-11H2,1-3H3. The summed E-state index contributed by atoms with van der Waals surface area (Å²) < 4.78 is 5.70. The Hall–Kier alpha value is -0.860. The SMILES string of the molecule is CC1OCCC1NC1c2ccccc2CCC1(C)C. The Labute approximate surface area is 116 Å². The topological polar surface area (TPSA) is 21.3 Å². The van der Waals surface area contributed by atoms with Gasteiger partial charge in [-0.05, 0) is 42.7 Å². The first-order valence-corrected chi connectivity index (χ1v) is 7.53. The zero-order valence-corrected chi connectivity index (χ0v) is 12.3. The molecule has 0 aromatic heterocycles. The largest absolute Gasteiger partial charge is 0.377 e. The highest BCUT2D eigenvalue weighted by atomic mass is 16.5. The molecule has 1 aromatic carbocycles. The van der Waals surface area contributed by atoms with E-state index < -0.39 is 0 Å². The van der Waals surface area contributed by atoms with E-state index in [1.807, 2.05) is 0 Å². The van der Waals surface area contributed by atoms with E-state index in [2.05, 4.69) is 50.4 Å². The lowest BCUT2D eigenvalue weighted by Gasteiger charge is -2.42. The molecule has 2 nitrogen and oxygen atoms in total. The van der Waals surface area contributed by atoms with Crippen molar-refractivity contribution in [3.8, 4) is 0 Å². The minimum absolute atomic E-state index is 0.316. The van der Waals surface area contributed by atoms with E-state index in [9.17, 15) is 0 Å². The molecule has 1 fully saturated rings. The van der Waals surface area contributed by atoms with Gasteiger partial charge in [0.25, 0.3) is 0 Å². The van der Waals surface area contributed by atoms with Crippen molar-refractivity contribution in [1.82, 2.24) is 5.32 Å². The number of nitrogens with one attached hydrogen (secondary N) is 1. The highest BCUT2D eigenvalue weighted by Gasteiger charge is 2.38. The van der Waals surface area contributed by atoms with Gasteiger partial charge in [-0.3, -0.25) is 0 Å². The third-order valence-electron chi connectivity index (χ3n) is 4.94. The van der Waals surface area contributed by atoms with Crippen molar-refractivity contribution in [2.75, 3.05) is 6.61 Å². The second kappa shape index (κ2) is 4.92. The molecule has 3 rings (SSSR count). The lowest BCUT2D eigenvalue weighted by Crippen LogP contribution is -2.45. The summed E-state index contributed by atoms with van der Waals surface area (Å²) in [6.07, 6.45) is 3.93. The Balaban J connectivity index is 1.88. The Morgan fingerprint density at radius 2 is 2.05 bits per heavy atom. The Morgan fingerprint density at radius 1 is 1.26 bits per heavy atom. The van der Waals surface area contributed by atoms with Crippen LogP contribution in [0.15, 0.2) is 24.3 Å². The van der Waals surface area contributed by atoms with E-state index in [1.54, 1.807) is 0 Å². The van der Waals surface area contributed by atoms with E-state index in [0.717, 1.165) is 13.0 Å². The van der Waals surface area contributed by atoms with Gasteiger partial charge in [-0.2, -0.15) is 0 Å². The normalized spacial score (nSPS) is 33.1. The molecule has 1 saturated heterocycles. The highest BCUT2D eigenvalue weighted by molar-refractivity contribution is 5.34. The van der Waals surface area contributed by atoms with Gasteiger partial charge < -0.3 is 10.1 Å². The highest BCUT2D eigenvalue weighted by Crippen LogP contribution is 2.44. The lowest BCUT2D eigenvalue weighted by molar-refractivity contribution is 0.101. The summed E-state index contributed by atoms with van der Waals surface area (Å²) in [6, 6.07) is 9.86. The van der Waals surface area contributed by atoms with Crippen LogP contribution < -0.4 is 5.32 Å². The van der Waals surface area contributed by atoms with Gasteiger partial charge in [0.1, 0.15) is 0 Å². The van der Waals surface area contributed by atoms with Gasteiger partial charge in [0.05, 0.1) is 6.10 Å².